The summed E-state index contributed by atoms with van der Waals surface area (Å²) in [4.78, 5) is 37.8. The van der Waals surface area contributed by atoms with Gasteiger partial charge in [0.05, 0.1) is 26.3 Å². The first-order chi connectivity index (χ1) is 20.3. The Balaban J connectivity index is 1.46. The zero-order chi connectivity index (χ0) is 29.6. The molecule has 2 aliphatic heterocycles. The zero-order valence-electron chi connectivity index (χ0n) is 25.3. The predicted octanol–water partition coefficient (Wildman–Crippen LogP) is 5.41. The van der Waals surface area contributed by atoms with E-state index in [0.29, 0.717) is 36.8 Å². The lowest BCUT2D eigenvalue weighted by atomic mass is 9.92. The molecule has 2 saturated heterocycles. The molecule has 0 radical (unpaired) electrons. The molecule has 0 unspecified atom stereocenters. The number of carbonyl (C=O) groups excluding carboxylic acids is 1. The van der Waals surface area contributed by atoms with Crippen molar-refractivity contribution in [3.63, 3.8) is 0 Å². The highest BCUT2D eigenvalue weighted by Gasteiger charge is 2.25. The van der Waals surface area contributed by atoms with Crippen molar-refractivity contribution in [2.45, 2.75) is 59.4 Å². The van der Waals surface area contributed by atoms with Crippen LogP contribution in [0, 0.1) is 20.8 Å². The minimum absolute atomic E-state index is 0.0466. The number of carbonyl (C=O) groups is 1. The molecule has 2 aliphatic rings. The van der Waals surface area contributed by atoms with E-state index in [0.717, 1.165) is 85.1 Å². The molecule has 8 heteroatoms. The SMILES string of the molecule is CCN(c1cc(-c2ccc(ON3CCOCC3)cc2)cc(C(=O)CCc2c(C)cc(C)[nH]c2=O)c1C)C1CCOCC1. The third-order valence-corrected chi connectivity index (χ3v) is 8.45. The number of nitrogens with zero attached hydrogens (tertiary/aromatic N) is 2. The van der Waals surface area contributed by atoms with Gasteiger partial charge in [-0.05, 0) is 99.5 Å². The van der Waals surface area contributed by atoms with Crippen LogP contribution < -0.4 is 15.3 Å². The number of ketones is 1. The van der Waals surface area contributed by atoms with E-state index in [1.165, 1.54) is 0 Å². The normalized spacial score (nSPS) is 16.4. The summed E-state index contributed by atoms with van der Waals surface area (Å²) < 4.78 is 11.1. The van der Waals surface area contributed by atoms with Crippen LogP contribution in [0.2, 0.25) is 0 Å². The number of hydrogen-bond donors (Lipinski definition) is 1. The van der Waals surface area contributed by atoms with Gasteiger partial charge in [0.25, 0.3) is 5.56 Å². The summed E-state index contributed by atoms with van der Waals surface area (Å²) in [7, 11) is 0. The molecule has 0 saturated carbocycles. The monoisotopic (exact) mass is 573 g/mol. The lowest BCUT2D eigenvalue weighted by Gasteiger charge is -2.37. The largest absolute Gasteiger partial charge is 0.406 e. The second-order valence-electron chi connectivity index (χ2n) is 11.3. The fourth-order valence-electron chi connectivity index (χ4n) is 6.14. The summed E-state index contributed by atoms with van der Waals surface area (Å²) in [5, 5.41) is 1.92. The maximum absolute atomic E-state index is 13.8. The average molecular weight is 574 g/mol. The van der Waals surface area contributed by atoms with E-state index in [2.05, 4.69) is 41.9 Å². The predicted molar refractivity (Wildman–Crippen MR) is 166 cm³/mol. The number of aryl methyl sites for hydroxylation is 2. The minimum atomic E-state index is -0.109. The standard InChI is InChI=1S/C34H43N3O5/c1-5-37(28-12-16-40-17-13-28)32-22-27(26-6-8-29(9-7-26)42-36-14-18-41-19-15-36)21-31(25(32)4)33(38)11-10-30-23(2)20-24(3)35-34(30)39/h6-9,20-22,28H,5,10-19H2,1-4H3,(H,35,39). The van der Waals surface area contributed by atoms with E-state index >= 15 is 0 Å². The van der Waals surface area contributed by atoms with Gasteiger partial charge in [-0.15, -0.1) is 5.06 Å². The third-order valence-electron chi connectivity index (χ3n) is 8.45. The molecule has 3 aromatic rings. The number of hydroxylamine groups is 2. The summed E-state index contributed by atoms with van der Waals surface area (Å²) in [5.41, 5.74) is 7.12. The molecular formula is C34H43N3O5. The summed E-state index contributed by atoms with van der Waals surface area (Å²) in [6.07, 6.45) is 2.60. The fraction of sp³-hybridized carbons (Fsp3) is 0.471. The number of pyridine rings is 1. The number of aromatic nitrogens is 1. The highest BCUT2D eigenvalue weighted by atomic mass is 16.7. The molecule has 0 aliphatic carbocycles. The Kier molecular flexibility index (Phi) is 9.77. The molecule has 2 fully saturated rings. The number of nitrogens with one attached hydrogen (secondary N) is 1. The third kappa shape index (κ3) is 6.94. The quantitative estimate of drug-likeness (QED) is 0.325. The number of benzene rings is 2. The number of rotatable bonds is 10. The second-order valence-corrected chi connectivity index (χ2v) is 11.3. The second kappa shape index (κ2) is 13.7. The molecular weight excluding hydrogens is 530 g/mol. The van der Waals surface area contributed by atoms with Crippen LogP contribution in [0.5, 0.6) is 5.75 Å². The van der Waals surface area contributed by atoms with Crippen LogP contribution >= 0.6 is 0 Å². The van der Waals surface area contributed by atoms with Gasteiger partial charge in [-0.1, -0.05) is 12.1 Å². The van der Waals surface area contributed by atoms with Crippen LogP contribution in [0.15, 0.2) is 47.3 Å². The first kappa shape index (κ1) is 30.0. The average Bonchev–Trinajstić information content (AvgIpc) is 2.99. The van der Waals surface area contributed by atoms with Crippen LogP contribution in [-0.2, 0) is 15.9 Å². The molecule has 8 nitrogen and oxygen atoms in total. The highest BCUT2D eigenvalue weighted by Crippen LogP contribution is 2.35. The van der Waals surface area contributed by atoms with Gasteiger partial charge < -0.3 is 24.2 Å². The van der Waals surface area contributed by atoms with Gasteiger partial charge in [-0.3, -0.25) is 9.59 Å². The molecule has 0 spiro atoms. The topological polar surface area (TPSA) is 84.1 Å². The van der Waals surface area contributed by atoms with Crippen LogP contribution in [-0.4, -0.2) is 67.9 Å². The summed E-state index contributed by atoms with van der Waals surface area (Å²) in [6.45, 7) is 13.2. The Hall–Kier alpha value is -3.46. The van der Waals surface area contributed by atoms with Crippen LogP contribution in [0.3, 0.4) is 0 Å². The van der Waals surface area contributed by atoms with Crippen molar-refractivity contribution in [3.8, 4) is 16.9 Å². The lowest BCUT2D eigenvalue weighted by Crippen LogP contribution is -2.40. The van der Waals surface area contributed by atoms with E-state index in [9.17, 15) is 9.59 Å². The van der Waals surface area contributed by atoms with Crippen LogP contribution in [0.25, 0.3) is 11.1 Å². The van der Waals surface area contributed by atoms with Crippen molar-refractivity contribution in [1.29, 1.82) is 0 Å². The van der Waals surface area contributed by atoms with Crippen molar-refractivity contribution in [2.24, 2.45) is 0 Å². The number of hydrogen-bond acceptors (Lipinski definition) is 7. The van der Waals surface area contributed by atoms with Crippen molar-refractivity contribution >= 4 is 11.5 Å². The molecule has 1 N–H and O–H groups in total. The Morgan fingerprint density at radius 2 is 1.67 bits per heavy atom. The first-order valence-electron chi connectivity index (χ1n) is 15.2. The maximum Gasteiger partial charge on any atom is 0.251 e. The van der Waals surface area contributed by atoms with Crippen molar-refractivity contribution < 1.29 is 19.1 Å². The van der Waals surface area contributed by atoms with Crippen molar-refractivity contribution in [1.82, 2.24) is 10.0 Å². The Morgan fingerprint density at radius 3 is 2.33 bits per heavy atom. The van der Waals surface area contributed by atoms with Gasteiger partial charge in [0.2, 0.25) is 0 Å². The molecule has 2 aromatic carbocycles. The molecule has 0 bridgehead atoms. The van der Waals surface area contributed by atoms with Gasteiger partial charge in [0.1, 0.15) is 5.75 Å². The zero-order valence-corrected chi connectivity index (χ0v) is 25.3. The number of Topliss-reactive ketones (excluding diaryl/α,β-unsaturated/α-hetero) is 1. The van der Waals surface area contributed by atoms with E-state index in [1.807, 2.05) is 43.2 Å². The van der Waals surface area contributed by atoms with E-state index in [-0.39, 0.29) is 17.8 Å². The maximum atomic E-state index is 13.8. The Labute approximate surface area is 248 Å². The summed E-state index contributed by atoms with van der Waals surface area (Å²) in [6, 6.07) is 14.6. The van der Waals surface area contributed by atoms with E-state index < -0.39 is 0 Å². The fourth-order valence-corrected chi connectivity index (χ4v) is 6.14. The van der Waals surface area contributed by atoms with Crippen molar-refractivity contribution in [3.05, 3.63) is 80.8 Å². The van der Waals surface area contributed by atoms with Crippen LogP contribution in [0.1, 0.15) is 58.9 Å². The summed E-state index contributed by atoms with van der Waals surface area (Å²) in [5.74, 6) is 0.825. The number of morpholine rings is 1. The number of ether oxygens (including phenoxy) is 2. The smallest absolute Gasteiger partial charge is 0.251 e. The van der Waals surface area contributed by atoms with Gasteiger partial charge >= 0.3 is 0 Å². The first-order valence-corrected chi connectivity index (χ1v) is 15.2. The molecule has 1 aromatic heterocycles. The van der Waals surface area contributed by atoms with Gasteiger partial charge in [-0.2, -0.15) is 0 Å². The number of H-pyrrole nitrogens is 1. The highest BCUT2D eigenvalue weighted by molar-refractivity contribution is 6.00. The summed E-state index contributed by atoms with van der Waals surface area (Å²) >= 11 is 0. The Morgan fingerprint density at radius 1 is 0.976 bits per heavy atom. The van der Waals surface area contributed by atoms with Gasteiger partial charge in [-0.25, -0.2) is 0 Å². The number of aromatic amines is 1. The van der Waals surface area contributed by atoms with Gasteiger partial charge in [0.15, 0.2) is 5.78 Å². The van der Waals surface area contributed by atoms with Gasteiger partial charge in [0, 0.05) is 54.7 Å². The number of anilines is 1. The van der Waals surface area contributed by atoms with E-state index in [1.54, 1.807) is 0 Å². The molecule has 3 heterocycles. The van der Waals surface area contributed by atoms with Crippen molar-refractivity contribution in [2.75, 3.05) is 51.0 Å². The molecule has 5 rings (SSSR count). The molecule has 0 atom stereocenters. The lowest BCUT2D eigenvalue weighted by molar-refractivity contribution is -0.118. The van der Waals surface area contributed by atoms with Crippen LogP contribution in [0.4, 0.5) is 5.69 Å². The molecule has 42 heavy (non-hydrogen) atoms. The molecule has 0 amide bonds. The molecule has 224 valence electrons. The van der Waals surface area contributed by atoms with E-state index in [4.69, 9.17) is 14.3 Å². The Bertz CT molecular complexity index is 1440. The minimum Gasteiger partial charge on any atom is -0.406 e.